The van der Waals surface area contributed by atoms with Gasteiger partial charge in [-0.15, -0.1) is 0 Å². The van der Waals surface area contributed by atoms with Gasteiger partial charge in [0.05, 0.1) is 11.4 Å². The van der Waals surface area contributed by atoms with Crippen LogP contribution in [0.3, 0.4) is 0 Å². The van der Waals surface area contributed by atoms with Crippen molar-refractivity contribution in [3.05, 3.63) is 29.3 Å². The number of rotatable bonds is 6. The molecule has 0 saturated carbocycles. The lowest BCUT2D eigenvalue weighted by Gasteiger charge is -2.25. The average molecular weight is 270 g/mol. The normalized spacial score (nSPS) is 11.6. The zero-order valence-electron chi connectivity index (χ0n) is 11.5. The summed E-state index contributed by atoms with van der Waals surface area (Å²) in [6.45, 7) is 6.71. The quantitative estimate of drug-likeness (QED) is 0.855. The van der Waals surface area contributed by atoms with Crippen LogP contribution >= 0.6 is 0 Å². The lowest BCUT2D eigenvalue weighted by atomic mass is 10.1. The highest BCUT2D eigenvalue weighted by molar-refractivity contribution is 7.92. The zero-order chi connectivity index (χ0) is 13.8. The van der Waals surface area contributed by atoms with Crippen LogP contribution in [0, 0.1) is 13.8 Å². The Balaban J connectivity index is 3.17. The molecule has 0 aromatic heterocycles. The predicted octanol–water partition coefficient (Wildman–Crippen LogP) is 1.68. The summed E-state index contributed by atoms with van der Waals surface area (Å²) in [5.41, 5.74) is 2.90. The molecule has 0 spiro atoms. The monoisotopic (exact) mass is 270 g/mol. The number of nitrogens with one attached hydrogen (secondary N) is 1. The topological polar surface area (TPSA) is 49.4 Å². The molecule has 0 aliphatic rings. The van der Waals surface area contributed by atoms with Crippen LogP contribution in [0.1, 0.15) is 18.1 Å². The number of aryl methyl sites for hydroxylation is 2. The first kappa shape index (κ1) is 15.0. The molecule has 0 saturated heterocycles. The summed E-state index contributed by atoms with van der Waals surface area (Å²) in [6, 6.07) is 5.83. The fourth-order valence-electron chi connectivity index (χ4n) is 1.86. The minimum absolute atomic E-state index is 0.115. The minimum atomic E-state index is -3.23. The van der Waals surface area contributed by atoms with Crippen molar-refractivity contribution in [2.75, 3.05) is 30.2 Å². The summed E-state index contributed by atoms with van der Waals surface area (Å²) in [5, 5.41) is 2.99. The summed E-state index contributed by atoms with van der Waals surface area (Å²) >= 11 is 0. The van der Waals surface area contributed by atoms with Crippen molar-refractivity contribution in [3.8, 4) is 0 Å². The number of nitrogens with zero attached hydrogens (tertiary/aromatic N) is 1. The largest absolute Gasteiger partial charge is 0.318 e. The molecule has 0 heterocycles. The van der Waals surface area contributed by atoms with Crippen LogP contribution in [0.25, 0.3) is 0 Å². The molecule has 0 amide bonds. The van der Waals surface area contributed by atoms with Crippen LogP contribution in [0.15, 0.2) is 18.2 Å². The van der Waals surface area contributed by atoms with E-state index in [0.717, 1.165) is 16.8 Å². The molecule has 1 N–H and O–H groups in total. The molecule has 0 radical (unpaired) electrons. The Kier molecular flexibility index (Phi) is 5.16. The number of anilines is 1. The van der Waals surface area contributed by atoms with Gasteiger partial charge in [0.25, 0.3) is 0 Å². The third-order valence-corrected chi connectivity index (χ3v) is 4.67. The molecule has 4 nitrogen and oxygen atoms in total. The summed E-state index contributed by atoms with van der Waals surface area (Å²) in [6.07, 6.45) is 0. The van der Waals surface area contributed by atoms with E-state index in [9.17, 15) is 8.42 Å². The summed E-state index contributed by atoms with van der Waals surface area (Å²) in [4.78, 5) is 0. The Labute approximate surface area is 110 Å². The molecule has 0 fully saturated rings. The van der Waals surface area contributed by atoms with Crippen molar-refractivity contribution in [2.24, 2.45) is 0 Å². The van der Waals surface area contributed by atoms with Crippen molar-refractivity contribution in [3.63, 3.8) is 0 Å². The Bertz CT molecular complexity index is 498. The molecule has 18 heavy (non-hydrogen) atoms. The van der Waals surface area contributed by atoms with Gasteiger partial charge < -0.3 is 5.32 Å². The second kappa shape index (κ2) is 6.20. The van der Waals surface area contributed by atoms with E-state index in [1.54, 1.807) is 6.92 Å². The van der Waals surface area contributed by atoms with Crippen LogP contribution in [0.4, 0.5) is 5.69 Å². The SMILES string of the molecule is CCS(=O)(=O)N(CCNC)c1ccc(C)cc1C. The molecule has 0 aliphatic carbocycles. The average Bonchev–Trinajstić information content (AvgIpc) is 2.31. The highest BCUT2D eigenvalue weighted by Gasteiger charge is 2.21. The fourth-order valence-corrected chi connectivity index (χ4v) is 3.05. The summed E-state index contributed by atoms with van der Waals surface area (Å²) in [5.74, 6) is 0.115. The van der Waals surface area contributed by atoms with Gasteiger partial charge >= 0.3 is 0 Å². The number of benzene rings is 1. The number of likely N-dealkylation sites (N-methyl/N-ethyl adjacent to an activating group) is 1. The van der Waals surface area contributed by atoms with Crippen molar-refractivity contribution < 1.29 is 8.42 Å². The minimum Gasteiger partial charge on any atom is -0.318 e. The smallest absolute Gasteiger partial charge is 0.234 e. The molecule has 0 unspecified atom stereocenters. The van der Waals surface area contributed by atoms with Gasteiger partial charge in [0.15, 0.2) is 0 Å². The molecular weight excluding hydrogens is 248 g/mol. The Morgan fingerprint density at radius 1 is 1.28 bits per heavy atom. The van der Waals surface area contributed by atoms with Gasteiger partial charge in [-0.05, 0) is 39.4 Å². The molecule has 0 atom stereocenters. The molecular formula is C13H22N2O2S. The number of hydrogen-bond donors (Lipinski definition) is 1. The molecule has 0 aliphatic heterocycles. The summed E-state index contributed by atoms with van der Waals surface area (Å²) < 4.78 is 25.8. The van der Waals surface area contributed by atoms with Gasteiger partial charge in [-0.2, -0.15) is 0 Å². The van der Waals surface area contributed by atoms with E-state index >= 15 is 0 Å². The zero-order valence-corrected chi connectivity index (χ0v) is 12.3. The van der Waals surface area contributed by atoms with E-state index < -0.39 is 10.0 Å². The lowest BCUT2D eigenvalue weighted by molar-refractivity contribution is 0.590. The van der Waals surface area contributed by atoms with Crippen LogP contribution in [-0.2, 0) is 10.0 Å². The first-order valence-corrected chi connectivity index (χ1v) is 7.75. The second-order valence-electron chi connectivity index (χ2n) is 4.37. The third-order valence-electron chi connectivity index (χ3n) is 2.89. The van der Waals surface area contributed by atoms with Crippen LogP contribution in [0.2, 0.25) is 0 Å². The van der Waals surface area contributed by atoms with Crippen molar-refractivity contribution >= 4 is 15.7 Å². The van der Waals surface area contributed by atoms with Crippen molar-refractivity contribution in [1.29, 1.82) is 0 Å². The third kappa shape index (κ3) is 3.46. The van der Waals surface area contributed by atoms with Crippen molar-refractivity contribution in [1.82, 2.24) is 5.32 Å². The standard InChI is InChI=1S/C13H22N2O2S/c1-5-18(16,17)15(9-8-14-4)13-7-6-11(2)10-12(13)3/h6-7,10,14H,5,8-9H2,1-4H3. The van der Waals surface area contributed by atoms with E-state index in [1.165, 1.54) is 4.31 Å². The van der Waals surface area contributed by atoms with E-state index in [0.29, 0.717) is 13.1 Å². The lowest BCUT2D eigenvalue weighted by Crippen LogP contribution is -2.37. The van der Waals surface area contributed by atoms with E-state index in [-0.39, 0.29) is 5.75 Å². The number of sulfonamides is 1. The van der Waals surface area contributed by atoms with E-state index in [4.69, 9.17) is 0 Å². The highest BCUT2D eigenvalue weighted by Crippen LogP contribution is 2.23. The first-order chi connectivity index (χ1) is 8.42. The highest BCUT2D eigenvalue weighted by atomic mass is 32.2. The Morgan fingerprint density at radius 3 is 2.44 bits per heavy atom. The maximum absolute atomic E-state index is 12.1. The Morgan fingerprint density at radius 2 is 1.94 bits per heavy atom. The first-order valence-electron chi connectivity index (χ1n) is 6.14. The van der Waals surface area contributed by atoms with Crippen LogP contribution < -0.4 is 9.62 Å². The van der Waals surface area contributed by atoms with Crippen LogP contribution in [0.5, 0.6) is 0 Å². The predicted molar refractivity (Wildman–Crippen MR) is 76.6 cm³/mol. The molecule has 1 rings (SSSR count). The van der Waals surface area contributed by atoms with Gasteiger partial charge in [-0.1, -0.05) is 17.7 Å². The van der Waals surface area contributed by atoms with Gasteiger partial charge in [0, 0.05) is 13.1 Å². The van der Waals surface area contributed by atoms with Crippen LogP contribution in [-0.4, -0.2) is 34.3 Å². The van der Waals surface area contributed by atoms with Crippen molar-refractivity contribution in [2.45, 2.75) is 20.8 Å². The van der Waals surface area contributed by atoms with Gasteiger partial charge in [-0.3, -0.25) is 4.31 Å². The van der Waals surface area contributed by atoms with E-state index in [2.05, 4.69) is 5.32 Å². The molecule has 1 aromatic rings. The Hall–Kier alpha value is -1.07. The second-order valence-corrected chi connectivity index (χ2v) is 6.55. The van der Waals surface area contributed by atoms with Gasteiger partial charge in [0.1, 0.15) is 0 Å². The fraction of sp³-hybridized carbons (Fsp3) is 0.538. The maximum atomic E-state index is 12.1. The maximum Gasteiger partial charge on any atom is 0.234 e. The van der Waals surface area contributed by atoms with E-state index in [1.807, 2.05) is 39.1 Å². The van der Waals surface area contributed by atoms with Gasteiger partial charge in [0.2, 0.25) is 10.0 Å². The molecule has 5 heteroatoms. The molecule has 102 valence electrons. The van der Waals surface area contributed by atoms with Gasteiger partial charge in [-0.25, -0.2) is 8.42 Å². The molecule has 0 bridgehead atoms. The number of hydrogen-bond acceptors (Lipinski definition) is 3. The molecule has 1 aromatic carbocycles. The summed E-state index contributed by atoms with van der Waals surface area (Å²) in [7, 11) is -1.41.